The molecule has 1 amide bonds. The molecule has 17 heavy (non-hydrogen) atoms. The van der Waals surface area contributed by atoms with Gasteiger partial charge in [0, 0.05) is 6.54 Å². The van der Waals surface area contributed by atoms with Gasteiger partial charge in [0.2, 0.25) is 5.76 Å². The maximum atomic E-state index is 12.1. The van der Waals surface area contributed by atoms with Crippen LogP contribution in [0.3, 0.4) is 0 Å². The van der Waals surface area contributed by atoms with Gasteiger partial charge in [-0.2, -0.15) is 0 Å². The van der Waals surface area contributed by atoms with Crippen molar-refractivity contribution in [1.82, 2.24) is 4.90 Å². The summed E-state index contributed by atoms with van der Waals surface area (Å²) in [6, 6.07) is -0.770. The van der Waals surface area contributed by atoms with E-state index in [0.717, 1.165) is 0 Å². The van der Waals surface area contributed by atoms with Gasteiger partial charge < -0.3 is 19.5 Å². The number of nitrogens with zero attached hydrogens (tertiary/aromatic N) is 1. The first kappa shape index (κ1) is 11.8. The molecule has 0 saturated carbocycles. The van der Waals surface area contributed by atoms with Gasteiger partial charge in [-0.05, 0) is 12.3 Å². The van der Waals surface area contributed by atoms with Crippen LogP contribution in [0, 0.1) is 5.92 Å². The number of carbonyl (C=O) groups excluding carboxylic acids is 1. The third-order valence-electron chi connectivity index (χ3n) is 3.07. The molecular weight excluding hydrogens is 226 g/mol. The molecule has 1 N–H and O–H groups in total. The number of aliphatic carboxylic acids is 1. The maximum absolute atomic E-state index is 12.1. The van der Waals surface area contributed by atoms with Gasteiger partial charge in [0.15, 0.2) is 0 Å². The Morgan fingerprint density at radius 3 is 2.82 bits per heavy atom. The van der Waals surface area contributed by atoms with Crippen LogP contribution in [0.15, 0.2) is 12.0 Å². The van der Waals surface area contributed by atoms with Crippen LogP contribution in [-0.4, -0.2) is 47.7 Å². The van der Waals surface area contributed by atoms with Crippen molar-refractivity contribution in [2.45, 2.75) is 19.4 Å². The molecule has 2 heterocycles. The Kier molecular flexibility index (Phi) is 3.21. The van der Waals surface area contributed by atoms with Crippen LogP contribution >= 0.6 is 0 Å². The Bertz CT molecular complexity index is 365. The lowest BCUT2D eigenvalue weighted by molar-refractivity contribution is -0.149. The quantitative estimate of drug-likeness (QED) is 0.747. The van der Waals surface area contributed by atoms with Gasteiger partial charge in [0.25, 0.3) is 5.91 Å². The molecule has 6 nitrogen and oxygen atoms in total. The second kappa shape index (κ2) is 4.65. The zero-order chi connectivity index (χ0) is 12.4. The van der Waals surface area contributed by atoms with Gasteiger partial charge in [-0.3, -0.25) is 4.79 Å². The molecule has 94 valence electrons. The maximum Gasteiger partial charge on any atom is 0.326 e. The second-order valence-corrected chi connectivity index (χ2v) is 4.25. The largest absolute Gasteiger partial charge is 0.494 e. The van der Waals surface area contributed by atoms with Crippen molar-refractivity contribution in [1.29, 1.82) is 0 Å². The highest BCUT2D eigenvalue weighted by molar-refractivity contribution is 5.94. The van der Waals surface area contributed by atoms with Crippen LogP contribution in [0.5, 0.6) is 0 Å². The van der Waals surface area contributed by atoms with Crippen molar-refractivity contribution < 1.29 is 24.2 Å². The second-order valence-electron chi connectivity index (χ2n) is 4.25. The topological polar surface area (TPSA) is 76.1 Å². The van der Waals surface area contributed by atoms with Gasteiger partial charge in [-0.1, -0.05) is 6.92 Å². The summed E-state index contributed by atoms with van der Waals surface area (Å²) in [5, 5.41) is 9.12. The van der Waals surface area contributed by atoms with E-state index in [1.54, 1.807) is 0 Å². The summed E-state index contributed by atoms with van der Waals surface area (Å²) in [4.78, 5) is 24.5. The molecule has 2 atom stereocenters. The van der Waals surface area contributed by atoms with Crippen LogP contribution < -0.4 is 0 Å². The summed E-state index contributed by atoms with van der Waals surface area (Å²) in [6.07, 6.45) is 1.95. The van der Waals surface area contributed by atoms with E-state index >= 15 is 0 Å². The SMILES string of the molecule is CC1CCN(C(=O)C2=COCCO2)C1C(=O)O. The summed E-state index contributed by atoms with van der Waals surface area (Å²) in [6.45, 7) is 3.00. The molecule has 0 bridgehead atoms. The first-order valence-electron chi connectivity index (χ1n) is 5.59. The number of ether oxygens (including phenoxy) is 2. The van der Waals surface area contributed by atoms with E-state index in [1.165, 1.54) is 11.2 Å². The van der Waals surface area contributed by atoms with Crippen molar-refractivity contribution in [2.24, 2.45) is 5.92 Å². The van der Waals surface area contributed by atoms with Crippen LogP contribution in [0.4, 0.5) is 0 Å². The van der Waals surface area contributed by atoms with E-state index in [-0.39, 0.29) is 11.7 Å². The Morgan fingerprint density at radius 1 is 1.47 bits per heavy atom. The molecule has 1 saturated heterocycles. The van der Waals surface area contributed by atoms with E-state index in [1.807, 2.05) is 6.92 Å². The van der Waals surface area contributed by atoms with Crippen molar-refractivity contribution >= 4 is 11.9 Å². The predicted molar refractivity (Wildman–Crippen MR) is 56.9 cm³/mol. The summed E-state index contributed by atoms with van der Waals surface area (Å²) >= 11 is 0. The van der Waals surface area contributed by atoms with Crippen molar-refractivity contribution in [2.75, 3.05) is 19.8 Å². The van der Waals surface area contributed by atoms with E-state index < -0.39 is 17.9 Å². The van der Waals surface area contributed by atoms with Gasteiger partial charge in [0.05, 0.1) is 0 Å². The zero-order valence-electron chi connectivity index (χ0n) is 9.59. The summed E-state index contributed by atoms with van der Waals surface area (Å²) < 4.78 is 10.2. The minimum absolute atomic E-state index is 0.0402. The molecule has 2 unspecified atom stereocenters. The number of carbonyl (C=O) groups is 2. The fraction of sp³-hybridized carbons (Fsp3) is 0.636. The average Bonchev–Trinajstić information content (AvgIpc) is 2.71. The van der Waals surface area contributed by atoms with Crippen LogP contribution in [0.1, 0.15) is 13.3 Å². The molecular formula is C11H15NO5. The van der Waals surface area contributed by atoms with Gasteiger partial charge in [0.1, 0.15) is 25.5 Å². The molecule has 0 aliphatic carbocycles. The predicted octanol–water partition coefficient (Wildman–Crippen LogP) is 0.196. The number of amides is 1. The molecule has 0 spiro atoms. The van der Waals surface area contributed by atoms with E-state index in [0.29, 0.717) is 26.2 Å². The smallest absolute Gasteiger partial charge is 0.326 e. The fourth-order valence-corrected chi connectivity index (χ4v) is 2.17. The highest BCUT2D eigenvalue weighted by Gasteiger charge is 2.41. The van der Waals surface area contributed by atoms with Crippen molar-refractivity contribution in [3.8, 4) is 0 Å². The Morgan fingerprint density at radius 2 is 2.24 bits per heavy atom. The fourth-order valence-electron chi connectivity index (χ4n) is 2.17. The number of carboxylic acid groups (broad SMARTS) is 1. The highest BCUT2D eigenvalue weighted by atomic mass is 16.6. The van der Waals surface area contributed by atoms with Gasteiger partial charge in [-0.15, -0.1) is 0 Å². The van der Waals surface area contributed by atoms with Gasteiger partial charge in [-0.25, -0.2) is 4.79 Å². The minimum atomic E-state index is -0.972. The number of likely N-dealkylation sites (tertiary alicyclic amines) is 1. The molecule has 6 heteroatoms. The molecule has 0 aromatic rings. The number of hydrogen-bond donors (Lipinski definition) is 1. The molecule has 2 aliphatic rings. The van der Waals surface area contributed by atoms with E-state index in [9.17, 15) is 9.59 Å². The Labute approximate surface area is 98.8 Å². The number of rotatable bonds is 2. The lowest BCUT2D eigenvalue weighted by Gasteiger charge is -2.25. The minimum Gasteiger partial charge on any atom is -0.494 e. The van der Waals surface area contributed by atoms with Crippen LogP contribution in [-0.2, 0) is 19.1 Å². The van der Waals surface area contributed by atoms with E-state index in [2.05, 4.69) is 0 Å². The van der Waals surface area contributed by atoms with Crippen molar-refractivity contribution in [3.05, 3.63) is 12.0 Å². The molecule has 0 aromatic carbocycles. The van der Waals surface area contributed by atoms with Crippen LogP contribution in [0.25, 0.3) is 0 Å². The zero-order valence-corrected chi connectivity index (χ0v) is 9.59. The molecule has 0 radical (unpaired) electrons. The summed E-state index contributed by atoms with van der Waals surface area (Å²) in [5.74, 6) is -1.32. The molecule has 0 aromatic heterocycles. The first-order chi connectivity index (χ1) is 8.11. The number of carboxylic acids is 1. The lowest BCUT2D eigenvalue weighted by atomic mass is 10.0. The summed E-state index contributed by atoms with van der Waals surface area (Å²) in [7, 11) is 0. The average molecular weight is 241 g/mol. The standard InChI is InChI=1S/C11H15NO5/c1-7-2-3-12(9(7)11(14)15)10(13)8-6-16-4-5-17-8/h6-7,9H,2-5H2,1H3,(H,14,15). The first-order valence-corrected chi connectivity index (χ1v) is 5.59. The highest BCUT2D eigenvalue weighted by Crippen LogP contribution is 2.26. The van der Waals surface area contributed by atoms with E-state index in [4.69, 9.17) is 14.6 Å². The Balaban J connectivity index is 2.13. The lowest BCUT2D eigenvalue weighted by Crippen LogP contribution is -2.44. The van der Waals surface area contributed by atoms with Gasteiger partial charge >= 0.3 is 5.97 Å². The summed E-state index contributed by atoms with van der Waals surface area (Å²) in [5.41, 5.74) is 0. The monoisotopic (exact) mass is 241 g/mol. The molecule has 1 fully saturated rings. The molecule has 2 rings (SSSR count). The number of hydrogen-bond acceptors (Lipinski definition) is 4. The normalized spacial score (nSPS) is 28.1. The van der Waals surface area contributed by atoms with Crippen LogP contribution in [0.2, 0.25) is 0 Å². The third kappa shape index (κ3) is 2.20. The third-order valence-corrected chi connectivity index (χ3v) is 3.07. The van der Waals surface area contributed by atoms with Crippen molar-refractivity contribution in [3.63, 3.8) is 0 Å². The molecule has 2 aliphatic heterocycles. The Hall–Kier alpha value is -1.72.